The van der Waals surface area contributed by atoms with Crippen molar-refractivity contribution in [3.05, 3.63) is 0 Å². The van der Waals surface area contributed by atoms with Gasteiger partial charge in [0, 0.05) is 6.54 Å². The summed E-state index contributed by atoms with van der Waals surface area (Å²) in [5.41, 5.74) is 0. The second-order valence-corrected chi connectivity index (χ2v) is 3.62. The highest BCUT2D eigenvalue weighted by Gasteiger charge is 2.41. The number of hydrogen-bond acceptors (Lipinski definition) is 3. The number of rotatable bonds is 3. The Labute approximate surface area is 84.6 Å². The maximum Gasteiger partial charge on any atom is 0.415 e. The van der Waals surface area contributed by atoms with Crippen molar-refractivity contribution >= 4 is 0 Å². The minimum absolute atomic E-state index is 0.0578. The molecule has 0 bridgehead atoms. The third-order valence-electron chi connectivity index (χ3n) is 2.39. The largest absolute Gasteiger partial charge is 0.415 e. The Hall–Kier alpha value is -0.400. The van der Waals surface area contributed by atoms with Crippen LogP contribution in [0.3, 0.4) is 0 Å². The molecular weight excluding hydrogens is 218 g/mol. The van der Waals surface area contributed by atoms with E-state index < -0.39 is 31.0 Å². The summed E-state index contributed by atoms with van der Waals surface area (Å²) in [5, 5.41) is 8.77. The molecule has 90 valence electrons. The van der Waals surface area contributed by atoms with E-state index in [1.54, 1.807) is 0 Å². The van der Waals surface area contributed by atoms with Crippen LogP contribution in [0.4, 0.5) is 17.6 Å². The highest BCUT2D eigenvalue weighted by Crippen LogP contribution is 2.22. The normalized spacial score (nSPS) is 29.8. The Bertz CT molecular complexity index is 211. The van der Waals surface area contributed by atoms with E-state index in [1.807, 2.05) is 0 Å². The molecule has 15 heavy (non-hydrogen) atoms. The molecule has 1 rings (SSSR count). The monoisotopic (exact) mass is 231 g/mol. The van der Waals surface area contributed by atoms with Crippen LogP contribution in [-0.4, -0.2) is 61.3 Å². The first-order valence-electron chi connectivity index (χ1n) is 4.49. The number of hydrogen-bond donors (Lipinski definition) is 1. The molecular formula is C8H13F4NO2. The van der Waals surface area contributed by atoms with E-state index in [9.17, 15) is 17.6 Å². The maximum absolute atomic E-state index is 13.1. The number of halogens is 4. The molecule has 1 N–H and O–H groups in total. The summed E-state index contributed by atoms with van der Waals surface area (Å²) in [4.78, 5) is 1.13. The SMILES string of the molecule is CN(CC(O)C(F)(F)F)[C@@H]1COC[C@H]1F. The Morgan fingerprint density at radius 2 is 2.07 bits per heavy atom. The van der Waals surface area contributed by atoms with Gasteiger partial charge in [-0.1, -0.05) is 0 Å². The van der Waals surface area contributed by atoms with Gasteiger partial charge in [0.25, 0.3) is 0 Å². The van der Waals surface area contributed by atoms with Crippen LogP contribution < -0.4 is 0 Å². The van der Waals surface area contributed by atoms with Crippen molar-refractivity contribution in [2.24, 2.45) is 0 Å². The van der Waals surface area contributed by atoms with Gasteiger partial charge in [0.05, 0.1) is 19.3 Å². The van der Waals surface area contributed by atoms with Crippen molar-refractivity contribution in [1.29, 1.82) is 0 Å². The summed E-state index contributed by atoms with van der Waals surface area (Å²) < 4.78 is 53.8. The molecule has 1 fully saturated rings. The number of likely N-dealkylation sites (N-methyl/N-ethyl adjacent to an activating group) is 1. The highest BCUT2D eigenvalue weighted by molar-refractivity contribution is 4.84. The lowest BCUT2D eigenvalue weighted by molar-refractivity contribution is -0.208. The van der Waals surface area contributed by atoms with Gasteiger partial charge in [0.2, 0.25) is 0 Å². The summed E-state index contributed by atoms with van der Waals surface area (Å²) in [7, 11) is 1.33. The lowest BCUT2D eigenvalue weighted by Gasteiger charge is -2.27. The average molecular weight is 231 g/mol. The van der Waals surface area contributed by atoms with Gasteiger partial charge in [-0.25, -0.2) is 4.39 Å². The molecule has 0 aromatic rings. The molecule has 0 saturated carbocycles. The summed E-state index contributed by atoms with van der Waals surface area (Å²) in [6.45, 7) is -0.683. The van der Waals surface area contributed by atoms with Gasteiger partial charge in [-0.3, -0.25) is 4.90 Å². The summed E-state index contributed by atoms with van der Waals surface area (Å²) in [6, 6.07) is -0.706. The lowest BCUT2D eigenvalue weighted by atomic mass is 10.2. The predicted octanol–water partition coefficient (Wildman–Crippen LogP) is 0.578. The summed E-state index contributed by atoms with van der Waals surface area (Å²) in [6.07, 6.45) is -8.41. The van der Waals surface area contributed by atoms with Crippen molar-refractivity contribution < 1.29 is 27.4 Å². The van der Waals surface area contributed by atoms with Gasteiger partial charge < -0.3 is 9.84 Å². The zero-order chi connectivity index (χ0) is 11.6. The lowest BCUT2D eigenvalue weighted by Crippen LogP contribution is -2.46. The molecule has 0 aliphatic carbocycles. The Kier molecular flexibility index (Phi) is 3.91. The van der Waals surface area contributed by atoms with Gasteiger partial charge in [-0.2, -0.15) is 13.2 Å². The van der Waals surface area contributed by atoms with Crippen LogP contribution in [-0.2, 0) is 4.74 Å². The number of aliphatic hydroxyl groups is 1. The predicted molar refractivity (Wildman–Crippen MR) is 44.2 cm³/mol. The molecule has 0 amide bonds. The van der Waals surface area contributed by atoms with Crippen molar-refractivity contribution in [2.45, 2.75) is 24.5 Å². The average Bonchev–Trinajstić information content (AvgIpc) is 2.49. The standard InChI is InChI=1S/C8H13F4NO2/c1-13(2-7(14)8(10,11)12)6-4-15-3-5(6)9/h5-7,14H,2-4H2,1H3/t5-,6-,7?/m1/s1. The van der Waals surface area contributed by atoms with E-state index in [4.69, 9.17) is 9.84 Å². The molecule has 3 nitrogen and oxygen atoms in total. The van der Waals surface area contributed by atoms with Gasteiger partial charge in [-0.15, -0.1) is 0 Å². The second kappa shape index (κ2) is 4.63. The van der Waals surface area contributed by atoms with Crippen molar-refractivity contribution in [3.8, 4) is 0 Å². The van der Waals surface area contributed by atoms with E-state index in [-0.39, 0.29) is 13.2 Å². The Morgan fingerprint density at radius 3 is 2.47 bits per heavy atom. The van der Waals surface area contributed by atoms with Crippen molar-refractivity contribution in [1.82, 2.24) is 4.90 Å². The number of alkyl halides is 4. The molecule has 7 heteroatoms. The van der Waals surface area contributed by atoms with E-state index >= 15 is 0 Å². The fraction of sp³-hybridized carbons (Fsp3) is 1.00. The molecule has 0 aromatic carbocycles. The van der Waals surface area contributed by atoms with Crippen LogP contribution >= 0.6 is 0 Å². The molecule has 1 saturated heterocycles. The van der Waals surface area contributed by atoms with Crippen LogP contribution in [0.15, 0.2) is 0 Å². The number of aliphatic hydroxyl groups excluding tert-OH is 1. The van der Waals surface area contributed by atoms with Gasteiger partial charge in [0.15, 0.2) is 6.10 Å². The Morgan fingerprint density at radius 1 is 1.47 bits per heavy atom. The van der Waals surface area contributed by atoms with Crippen LogP contribution in [0, 0.1) is 0 Å². The number of nitrogens with zero attached hydrogens (tertiary/aromatic N) is 1. The quantitative estimate of drug-likeness (QED) is 0.721. The third-order valence-corrected chi connectivity index (χ3v) is 2.39. The fourth-order valence-electron chi connectivity index (χ4n) is 1.43. The zero-order valence-electron chi connectivity index (χ0n) is 8.17. The molecule has 1 aliphatic heterocycles. The fourth-order valence-corrected chi connectivity index (χ4v) is 1.43. The molecule has 1 heterocycles. The molecule has 0 spiro atoms. The minimum atomic E-state index is -4.67. The van der Waals surface area contributed by atoms with Crippen LogP contribution in [0.25, 0.3) is 0 Å². The smallest absolute Gasteiger partial charge is 0.382 e. The van der Waals surface area contributed by atoms with Gasteiger partial charge in [-0.05, 0) is 7.05 Å². The summed E-state index contributed by atoms with van der Waals surface area (Å²) in [5.74, 6) is 0. The molecule has 0 radical (unpaired) electrons. The minimum Gasteiger partial charge on any atom is -0.382 e. The first-order valence-corrected chi connectivity index (χ1v) is 4.49. The van der Waals surface area contributed by atoms with E-state index in [2.05, 4.69) is 0 Å². The first-order chi connectivity index (χ1) is 6.82. The van der Waals surface area contributed by atoms with Crippen LogP contribution in [0.1, 0.15) is 0 Å². The van der Waals surface area contributed by atoms with Crippen molar-refractivity contribution in [2.75, 3.05) is 26.8 Å². The van der Waals surface area contributed by atoms with E-state index in [0.29, 0.717) is 0 Å². The molecule has 3 atom stereocenters. The summed E-state index contributed by atoms with van der Waals surface area (Å²) >= 11 is 0. The highest BCUT2D eigenvalue weighted by atomic mass is 19.4. The maximum atomic E-state index is 13.1. The second-order valence-electron chi connectivity index (χ2n) is 3.62. The van der Waals surface area contributed by atoms with E-state index in [1.165, 1.54) is 7.05 Å². The van der Waals surface area contributed by atoms with Gasteiger partial charge in [0.1, 0.15) is 6.17 Å². The molecule has 1 unspecified atom stereocenters. The Balaban J connectivity index is 2.44. The molecule has 1 aliphatic rings. The van der Waals surface area contributed by atoms with Crippen molar-refractivity contribution in [3.63, 3.8) is 0 Å². The first kappa shape index (κ1) is 12.7. The molecule has 0 aromatic heterocycles. The van der Waals surface area contributed by atoms with Gasteiger partial charge >= 0.3 is 6.18 Å². The van der Waals surface area contributed by atoms with Crippen LogP contribution in [0.2, 0.25) is 0 Å². The topological polar surface area (TPSA) is 32.7 Å². The van der Waals surface area contributed by atoms with Crippen LogP contribution in [0.5, 0.6) is 0 Å². The third kappa shape index (κ3) is 3.29. The zero-order valence-corrected chi connectivity index (χ0v) is 8.17. The number of ether oxygens (including phenoxy) is 1. The van der Waals surface area contributed by atoms with E-state index in [0.717, 1.165) is 4.90 Å².